The molecular formula is C54H80HfSi5. The fraction of sp³-hybridized carbons (Fsp3) is 0.481. The SMILES string of the molecule is CCCCC[Si]1(CCCCC)C2=Cc3c(-c4cc([Si](C)(C)C)cc([Si](C)(C)C)c4)cccc3[CH]2[Hf]([CH3])([CH3])[CH]2C1=Cc1c(-c3cc([Si](C)(C)C)cc([Si](C)(C)C)c3)cccc12. The van der Waals surface area contributed by atoms with Crippen LogP contribution in [0.2, 0.25) is 100 Å². The molecular weight excluding hydrogens is 968 g/mol. The third kappa shape index (κ3) is 8.51. The Hall–Kier alpha value is -1.69. The van der Waals surface area contributed by atoms with Crippen LogP contribution in [0.1, 0.15) is 82.0 Å². The molecule has 3 aliphatic rings. The van der Waals surface area contributed by atoms with Crippen LogP contribution in [0.4, 0.5) is 0 Å². The fourth-order valence-electron chi connectivity index (χ4n) is 11.4. The van der Waals surface area contributed by atoms with E-state index in [-0.39, 0.29) is 0 Å². The van der Waals surface area contributed by atoms with Crippen molar-refractivity contribution in [1.29, 1.82) is 0 Å². The van der Waals surface area contributed by atoms with Crippen LogP contribution in [0.25, 0.3) is 34.4 Å². The monoisotopic (exact) mass is 1050 g/mol. The number of hydrogen-bond acceptors (Lipinski definition) is 0. The molecule has 0 aromatic heterocycles. The molecule has 0 nitrogen and oxygen atoms in total. The van der Waals surface area contributed by atoms with E-state index in [1.54, 1.807) is 43.0 Å². The Kier molecular flexibility index (Phi) is 12.9. The van der Waals surface area contributed by atoms with E-state index in [1.807, 2.05) is 10.4 Å². The summed E-state index contributed by atoms with van der Waals surface area (Å²) >= 11 is -3.26. The number of benzene rings is 4. The van der Waals surface area contributed by atoms with E-state index in [9.17, 15) is 0 Å². The summed E-state index contributed by atoms with van der Waals surface area (Å²) < 4.78 is 7.14. The molecule has 6 heteroatoms. The fourth-order valence-corrected chi connectivity index (χ4v) is 49.3. The van der Waals surface area contributed by atoms with Gasteiger partial charge >= 0.3 is 381 Å². The zero-order valence-electron chi connectivity index (χ0n) is 40.9. The molecule has 1 heterocycles. The van der Waals surface area contributed by atoms with Crippen LogP contribution in [0.15, 0.2) is 83.2 Å². The first kappa shape index (κ1) is 46.3. The molecule has 1 aliphatic heterocycles. The van der Waals surface area contributed by atoms with Crippen molar-refractivity contribution in [2.24, 2.45) is 0 Å². The van der Waals surface area contributed by atoms with Crippen LogP contribution in [0.5, 0.6) is 0 Å². The summed E-state index contributed by atoms with van der Waals surface area (Å²) in [5, 5.41) is 10.5. The van der Waals surface area contributed by atoms with E-state index in [2.05, 4.69) is 187 Å². The first-order chi connectivity index (χ1) is 27.9. The molecule has 60 heavy (non-hydrogen) atoms. The molecule has 2 unspecified atom stereocenters. The molecule has 4 aromatic carbocycles. The van der Waals surface area contributed by atoms with Gasteiger partial charge in [-0.2, -0.15) is 0 Å². The minimum atomic E-state index is -3.26. The van der Waals surface area contributed by atoms with E-state index in [4.69, 9.17) is 0 Å². The Morgan fingerprint density at radius 3 is 1.10 bits per heavy atom. The van der Waals surface area contributed by atoms with Crippen LogP contribution < -0.4 is 20.7 Å². The first-order valence-corrected chi connectivity index (χ1v) is 51.7. The van der Waals surface area contributed by atoms with Gasteiger partial charge in [0.1, 0.15) is 0 Å². The maximum absolute atomic E-state index is 3.26. The Balaban J connectivity index is 1.50. The van der Waals surface area contributed by atoms with Crippen LogP contribution in [-0.2, 0) is 20.0 Å². The molecule has 0 bridgehead atoms. The Morgan fingerprint density at radius 1 is 0.467 bits per heavy atom. The zero-order chi connectivity index (χ0) is 43.8. The normalized spacial score (nSPS) is 19.3. The van der Waals surface area contributed by atoms with Gasteiger partial charge in [-0.1, -0.05) is 0 Å². The third-order valence-electron chi connectivity index (χ3n) is 15.1. The minimum absolute atomic E-state index is 0.671. The van der Waals surface area contributed by atoms with Gasteiger partial charge in [-0.05, 0) is 0 Å². The molecule has 1 saturated heterocycles. The second kappa shape index (κ2) is 16.7. The van der Waals surface area contributed by atoms with Crippen molar-refractivity contribution in [3.8, 4) is 22.3 Å². The van der Waals surface area contributed by atoms with Gasteiger partial charge in [0.2, 0.25) is 0 Å². The van der Waals surface area contributed by atoms with Crippen LogP contribution in [0.3, 0.4) is 0 Å². The van der Waals surface area contributed by atoms with Gasteiger partial charge in [-0.3, -0.25) is 0 Å². The number of hydrogen-bond donors (Lipinski definition) is 0. The maximum atomic E-state index is 2.91. The van der Waals surface area contributed by atoms with E-state index >= 15 is 0 Å². The van der Waals surface area contributed by atoms with Gasteiger partial charge in [0, 0.05) is 0 Å². The number of rotatable bonds is 14. The zero-order valence-corrected chi connectivity index (χ0v) is 49.5. The topological polar surface area (TPSA) is 0 Å². The molecule has 7 rings (SSSR count). The van der Waals surface area contributed by atoms with Crippen LogP contribution >= 0.6 is 0 Å². The van der Waals surface area contributed by atoms with Crippen LogP contribution in [0, 0.1) is 0 Å². The molecule has 2 aliphatic carbocycles. The van der Waals surface area contributed by atoms with Crippen molar-refractivity contribution >= 4 is 73.3 Å². The van der Waals surface area contributed by atoms with E-state index in [0.29, 0.717) is 7.35 Å². The van der Waals surface area contributed by atoms with Crippen molar-refractivity contribution in [1.82, 2.24) is 0 Å². The Morgan fingerprint density at radius 2 is 0.800 bits per heavy atom. The van der Waals surface area contributed by atoms with Crippen molar-refractivity contribution in [3.05, 3.63) is 105 Å². The van der Waals surface area contributed by atoms with Crippen molar-refractivity contribution < 1.29 is 20.0 Å². The molecule has 320 valence electrons. The molecule has 0 N–H and O–H groups in total. The predicted molar refractivity (Wildman–Crippen MR) is 283 cm³/mol. The molecule has 0 radical (unpaired) electrons. The Bertz CT molecular complexity index is 2110. The first-order valence-electron chi connectivity index (χ1n) is 24.0. The van der Waals surface area contributed by atoms with Gasteiger partial charge in [0.15, 0.2) is 0 Å². The summed E-state index contributed by atoms with van der Waals surface area (Å²) in [6.45, 7) is 35.3. The van der Waals surface area contributed by atoms with Crippen molar-refractivity contribution in [2.75, 3.05) is 0 Å². The molecule has 0 spiro atoms. The van der Waals surface area contributed by atoms with Gasteiger partial charge in [0.25, 0.3) is 0 Å². The molecule has 4 aromatic rings. The summed E-state index contributed by atoms with van der Waals surface area (Å²) in [5.41, 5.74) is 12.7. The Labute approximate surface area is 377 Å². The quantitative estimate of drug-likeness (QED) is 0.0872. The van der Waals surface area contributed by atoms with Gasteiger partial charge < -0.3 is 0 Å². The van der Waals surface area contributed by atoms with E-state index < -0.39 is 60.3 Å². The van der Waals surface area contributed by atoms with Gasteiger partial charge in [-0.25, -0.2) is 0 Å². The summed E-state index contributed by atoms with van der Waals surface area (Å²) in [5.74, 6) is 0. The van der Waals surface area contributed by atoms with E-state index in [0.717, 1.165) is 0 Å². The second-order valence-corrected chi connectivity index (χ2v) is 66.0. The molecule has 1 fully saturated rings. The van der Waals surface area contributed by atoms with Gasteiger partial charge in [-0.15, -0.1) is 0 Å². The standard InChI is InChI=1S/C52H74Si5.2CH3.Hf/c1-15-17-19-27-57(28-20-18-16-2,47-29-39-23-21-25-49(51(39)37-47)41-31-43(53(3,4)5)35-44(32-41)54(6,7)8)48-30-40-24-22-26-50(52(40)38-48)42-33-45(55(9,10)11)36-46(34-42)56(12,13)14;;;/h21-26,29-38H,15-20,27-28H2,1-14H3;2*1H3;. The molecule has 0 amide bonds. The second-order valence-electron chi connectivity index (χ2n) is 24.1. The summed E-state index contributed by atoms with van der Waals surface area (Å²) in [4.78, 5) is 0. The van der Waals surface area contributed by atoms with Crippen molar-refractivity contribution in [3.63, 3.8) is 0 Å². The third-order valence-corrected chi connectivity index (χ3v) is 45.9. The predicted octanol–water partition coefficient (Wildman–Crippen LogP) is 14.9. The van der Waals surface area contributed by atoms with Crippen LogP contribution in [-0.4, -0.2) is 40.4 Å². The van der Waals surface area contributed by atoms with E-state index in [1.165, 1.54) is 72.9 Å². The summed E-state index contributed by atoms with van der Waals surface area (Å²) in [7, 11) is -8.23. The van der Waals surface area contributed by atoms with Gasteiger partial charge in [0.05, 0.1) is 0 Å². The number of fused-ring (bicyclic) bond motifs is 6. The molecule has 2 atom stereocenters. The number of allylic oxidation sites excluding steroid dienone is 2. The average Bonchev–Trinajstić information content (AvgIpc) is 3.77. The number of unbranched alkanes of at least 4 members (excludes halogenated alkanes) is 4. The summed E-state index contributed by atoms with van der Waals surface area (Å²) in [6, 6.07) is 33.8. The van der Waals surface area contributed by atoms with Crippen molar-refractivity contribution in [2.45, 2.75) is 160 Å². The molecule has 0 saturated carbocycles. The summed E-state index contributed by atoms with van der Waals surface area (Å²) in [6.07, 6.45) is 13.9. The average molecular weight is 1050 g/mol.